The number of alkyl halides is 1. The van der Waals surface area contributed by atoms with Crippen LogP contribution in [0.2, 0.25) is 0 Å². The van der Waals surface area contributed by atoms with Gasteiger partial charge < -0.3 is 24.4 Å². The zero-order valence-corrected chi connectivity index (χ0v) is 19.9. The van der Waals surface area contributed by atoms with E-state index in [1.165, 1.54) is 4.90 Å². The molecule has 1 atom stereocenters. The zero-order valence-electron chi connectivity index (χ0n) is 18.3. The number of halogens is 1. The molecule has 1 aromatic rings. The van der Waals surface area contributed by atoms with Crippen LogP contribution < -0.4 is 10.6 Å². The van der Waals surface area contributed by atoms with Crippen LogP contribution in [-0.4, -0.2) is 79.5 Å². The number of rotatable bonds is 13. The highest BCUT2D eigenvalue weighted by atomic mass is 79.9. The van der Waals surface area contributed by atoms with Crippen molar-refractivity contribution in [1.29, 1.82) is 0 Å². The number of anilines is 1. The van der Waals surface area contributed by atoms with Crippen molar-refractivity contribution in [3.8, 4) is 0 Å². The molecule has 0 saturated carbocycles. The van der Waals surface area contributed by atoms with E-state index in [1.807, 2.05) is 0 Å². The Kier molecular flexibility index (Phi) is 9.79. The van der Waals surface area contributed by atoms with Crippen molar-refractivity contribution in [1.82, 2.24) is 10.2 Å². The lowest BCUT2D eigenvalue weighted by Gasteiger charge is -2.29. The molecular weight excluding hydrogens is 498 g/mol. The van der Waals surface area contributed by atoms with Crippen LogP contribution >= 0.6 is 15.9 Å². The second-order valence-corrected chi connectivity index (χ2v) is 8.35. The van der Waals surface area contributed by atoms with E-state index in [4.69, 9.17) is 14.2 Å². The summed E-state index contributed by atoms with van der Waals surface area (Å²) in [7, 11) is 0. The molecule has 33 heavy (non-hydrogen) atoms. The van der Waals surface area contributed by atoms with Crippen LogP contribution in [0.4, 0.5) is 5.69 Å². The van der Waals surface area contributed by atoms with Gasteiger partial charge in [0.25, 0.3) is 5.91 Å². The van der Waals surface area contributed by atoms with E-state index in [2.05, 4.69) is 26.6 Å². The van der Waals surface area contributed by atoms with Gasteiger partial charge in [0.15, 0.2) is 0 Å². The van der Waals surface area contributed by atoms with E-state index in [9.17, 15) is 19.2 Å². The van der Waals surface area contributed by atoms with Crippen molar-refractivity contribution >= 4 is 45.2 Å². The van der Waals surface area contributed by atoms with E-state index in [0.29, 0.717) is 49.8 Å². The number of nitrogens with one attached hydrogen (secondary N) is 2. The highest BCUT2D eigenvalue weighted by molar-refractivity contribution is 9.09. The Hall–Kier alpha value is -2.34. The van der Waals surface area contributed by atoms with E-state index in [0.717, 1.165) is 5.33 Å². The number of amides is 4. The lowest BCUT2D eigenvalue weighted by molar-refractivity contribution is -0.137. The summed E-state index contributed by atoms with van der Waals surface area (Å²) in [5.74, 6) is -1.32. The SMILES string of the molecule is O=C1CCC(N2Cc3c(NC(=O)CCOCCOCCOCCBr)cccc3C2=O)C(=O)N1. The molecule has 0 aromatic heterocycles. The monoisotopic (exact) mass is 525 g/mol. The van der Waals surface area contributed by atoms with Gasteiger partial charge >= 0.3 is 0 Å². The van der Waals surface area contributed by atoms with Crippen molar-refractivity contribution in [2.75, 3.05) is 50.3 Å². The fraction of sp³-hybridized carbons (Fsp3) is 0.545. The van der Waals surface area contributed by atoms with Crippen LogP contribution in [0.5, 0.6) is 0 Å². The topological polar surface area (TPSA) is 123 Å². The number of nitrogens with zero attached hydrogens (tertiary/aromatic N) is 1. The van der Waals surface area contributed by atoms with E-state index < -0.39 is 11.9 Å². The number of piperidine rings is 1. The Labute approximate surface area is 200 Å². The van der Waals surface area contributed by atoms with Crippen LogP contribution in [0, 0.1) is 0 Å². The average molecular weight is 526 g/mol. The molecule has 1 fully saturated rings. The van der Waals surface area contributed by atoms with E-state index in [1.54, 1.807) is 18.2 Å². The minimum atomic E-state index is -0.697. The van der Waals surface area contributed by atoms with Crippen molar-refractivity contribution in [2.24, 2.45) is 0 Å². The molecule has 180 valence electrons. The number of hydrogen-bond acceptors (Lipinski definition) is 7. The van der Waals surface area contributed by atoms with E-state index >= 15 is 0 Å². The molecule has 0 spiro atoms. The first-order valence-electron chi connectivity index (χ1n) is 10.9. The maximum Gasteiger partial charge on any atom is 0.255 e. The summed E-state index contributed by atoms with van der Waals surface area (Å²) >= 11 is 3.27. The molecule has 11 heteroatoms. The molecule has 0 aliphatic carbocycles. The number of benzene rings is 1. The third-order valence-corrected chi connectivity index (χ3v) is 5.62. The molecule has 10 nitrogen and oxygen atoms in total. The smallest absolute Gasteiger partial charge is 0.255 e. The van der Waals surface area contributed by atoms with Gasteiger partial charge in [-0.2, -0.15) is 0 Å². The number of ether oxygens (including phenoxy) is 3. The van der Waals surface area contributed by atoms with Crippen LogP contribution in [0.25, 0.3) is 0 Å². The van der Waals surface area contributed by atoms with Gasteiger partial charge in [-0.15, -0.1) is 0 Å². The van der Waals surface area contributed by atoms with Gasteiger partial charge in [-0.3, -0.25) is 24.5 Å². The van der Waals surface area contributed by atoms with Gasteiger partial charge in [0.1, 0.15) is 6.04 Å². The number of carbonyl (C=O) groups excluding carboxylic acids is 4. The zero-order chi connectivity index (χ0) is 23.6. The van der Waals surface area contributed by atoms with Gasteiger partial charge in [-0.25, -0.2) is 0 Å². The molecule has 1 aromatic carbocycles. The van der Waals surface area contributed by atoms with Gasteiger partial charge in [0.05, 0.1) is 46.1 Å². The molecule has 0 radical (unpaired) electrons. The maximum atomic E-state index is 12.8. The lowest BCUT2D eigenvalue weighted by atomic mass is 10.0. The summed E-state index contributed by atoms with van der Waals surface area (Å²) in [6.07, 6.45) is 0.635. The van der Waals surface area contributed by atoms with Crippen LogP contribution in [0.15, 0.2) is 18.2 Å². The maximum absolute atomic E-state index is 12.8. The number of fused-ring (bicyclic) bond motifs is 1. The van der Waals surface area contributed by atoms with Gasteiger partial charge in [0, 0.05) is 35.1 Å². The summed E-state index contributed by atoms with van der Waals surface area (Å²) in [5, 5.41) is 5.90. The first-order valence-corrected chi connectivity index (χ1v) is 12.0. The Morgan fingerprint density at radius 1 is 1.06 bits per heavy atom. The quantitative estimate of drug-likeness (QED) is 0.225. The van der Waals surface area contributed by atoms with Crippen molar-refractivity contribution in [2.45, 2.75) is 31.8 Å². The van der Waals surface area contributed by atoms with Crippen LogP contribution in [0.1, 0.15) is 35.2 Å². The Bertz CT molecular complexity index is 880. The highest BCUT2D eigenvalue weighted by Gasteiger charge is 2.39. The lowest BCUT2D eigenvalue weighted by Crippen LogP contribution is -2.52. The molecule has 2 aliphatic rings. The molecule has 2 N–H and O–H groups in total. The summed E-state index contributed by atoms with van der Waals surface area (Å²) in [6, 6.07) is 4.39. The molecule has 1 unspecified atom stereocenters. The number of carbonyl (C=O) groups is 4. The van der Waals surface area contributed by atoms with Crippen LogP contribution in [0.3, 0.4) is 0 Å². The molecule has 2 aliphatic heterocycles. The molecule has 4 amide bonds. The summed E-state index contributed by atoms with van der Waals surface area (Å²) in [5.41, 5.74) is 1.65. The second kappa shape index (κ2) is 12.8. The van der Waals surface area contributed by atoms with Gasteiger partial charge in [0.2, 0.25) is 17.7 Å². The molecule has 0 bridgehead atoms. The minimum Gasteiger partial charge on any atom is -0.379 e. The highest BCUT2D eigenvalue weighted by Crippen LogP contribution is 2.32. The summed E-state index contributed by atoms with van der Waals surface area (Å²) in [6.45, 7) is 2.90. The fourth-order valence-corrected chi connectivity index (χ4v) is 3.91. The standard InChI is InChI=1S/C22H28BrN3O7/c23-7-9-32-11-13-33-12-10-31-8-6-20(28)24-17-3-1-2-15-16(17)14-26(22(15)30)18-4-5-19(27)25-21(18)29/h1-3,18H,4-14H2,(H,24,28)(H,25,27,29). The average Bonchev–Trinajstić information content (AvgIpc) is 3.12. The fourth-order valence-electron chi connectivity index (χ4n) is 3.68. The van der Waals surface area contributed by atoms with E-state index in [-0.39, 0.29) is 50.1 Å². The molecular formula is C22H28BrN3O7. The number of hydrogen-bond donors (Lipinski definition) is 2. The van der Waals surface area contributed by atoms with Crippen molar-refractivity contribution in [3.63, 3.8) is 0 Å². The van der Waals surface area contributed by atoms with Crippen molar-refractivity contribution < 1.29 is 33.4 Å². The summed E-state index contributed by atoms with van der Waals surface area (Å²) in [4.78, 5) is 50.3. The predicted octanol–water partition coefficient (Wildman–Crippen LogP) is 1.22. The third-order valence-electron chi connectivity index (χ3n) is 5.30. The minimum absolute atomic E-state index is 0.156. The first kappa shape index (κ1) is 25.3. The summed E-state index contributed by atoms with van der Waals surface area (Å²) < 4.78 is 16.1. The largest absolute Gasteiger partial charge is 0.379 e. The third kappa shape index (κ3) is 7.07. The molecule has 2 heterocycles. The Morgan fingerprint density at radius 3 is 2.45 bits per heavy atom. The molecule has 1 saturated heterocycles. The van der Waals surface area contributed by atoms with Gasteiger partial charge in [-0.1, -0.05) is 22.0 Å². The Morgan fingerprint density at radius 2 is 1.76 bits per heavy atom. The van der Waals surface area contributed by atoms with Crippen molar-refractivity contribution in [3.05, 3.63) is 29.3 Å². The van der Waals surface area contributed by atoms with Gasteiger partial charge in [-0.05, 0) is 18.6 Å². The Balaban J connectivity index is 1.42. The first-order chi connectivity index (χ1) is 16.0. The second-order valence-electron chi connectivity index (χ2n) is 7.56. The van der Waals surface area contributed by atoms with Crippen LogP contribution in [-0.2, 0) is 35.1 Å². The molecule has 3 rings (SSSR count). The number of imide groups is 1. The predicted molar refractivity (Wildman–Crippen MR) is 122 cm³/mol. The normalized spacial score (nSPS) is 17.8.